The van der Waals surface area contributed by atoms with Gasteiger partial charge in [-0.2, -0.15) is 0 Å². The zero-order chi connectivity index (χ0) is 24.0. The smallest absolute Gasteiger partial charge is 0.321 e. The first kappa shape index (κ1) is 22.7. The first-order chi connectivity index (χ1) is 17.2. The lowest BCUT2D eigenvalue weighted by atomic mass is 10.1. The second-order valence-electron chi connectivity index (χ2n) is 8.90. The van der Waals surface area contributed by atoms with Crippen LogP contribution in [0.4, 0.5) is 10.5 Å². The van der Waals surface area contributed by atoms with Crippen molar-refractivity contribution in [3.63, 3.8) is 0 Å². The van der Waals surface area contributed by atoms with Crippen LogP contribution >= 0.6 is 0 Å². The predicted octanol–water partition coefficient (Wildman–Crippen LogP) is 5.03. The second kappa shape index (κ2) is 10.4. The summed E-state index contributed by atoms with van der Waals surface area (Å²) in [4.78, 5) is 32.4. The van der Waals surface area contributed by atoms with Crippen molar-refractivity contribution in [1.82, 2.24) is 19.8 Å². The standard InChI is InChI=1S/C28H29N5O2/c34-27(30-17-21-10-4-1-5-11-21)25-20-33(19-22-12-6-2-7-13-22)26-24(25)16-23(18-29-26)31-28(35)32-14-8-3-9-15-32/h1-2,4-7,10-13,16,18,20H,3,8-9,14-15,17,19H2,(H,30,34)(H,31,35). The number of piperidine rings is 1. The fourth-order valence-corrected chi connectivity index (χ4v) is 4.49. The van der Waals surface area contributed by atoms with Crippen LogP contribution in [0, 0.1) is 0 Å². The van der Waals surface area contributed by atoms with E-state index in [1.807, 2.05) is 82.4 Å². The van der Waals surface area contributed by atoms with Gasteiger partial charge in [0.05, 0.1) is 17.4 Å². The van der Waals surface area contributed by atoms with E-state index in [1.165, 1.54) is 0 Å². The van der Waals surface area contributed by atoms with Crippen molar-refractivity contribution in [3.8, 4) is 0 Å². The minimum Gasteiger partial charge on any atom is -0.348 e. The van der Waals surface area contributed by atoms with Crippen LogP contribution < -0.4 is 10.6 Å². The second-order valence-corrected chi connectivity index (χ2v) is 8.90. The highest BCUT2D eigenvalue weighted by Crippen LogP contribution is 2.25. The number of nitrogens with zero attached hydrogens (tertiary/aromatic N) is 3. The average molecular weight is 468 g/mol. The molecule has 35 heavy (non-hydrogen) atoms. The predicted molar refractivity (Wildman–Crippen MR) is 137 cm³/mol. The summed E-state index contributed by atoms with van der Waals surface area (Å²) in [6.45, 7) is 2.56. The van der Waals surface area contributed by atoms with Crippen LogP contribution in [0.5, 0.6) is 0 Å². The van der Waals surface area contributed by atoms with E-state index in [4.69, 9.17) is 0 Å². The quantitative estimate of drug-likeness (QED) is 0.417. The van der Waals surface area contributed by atoms with Crippen molar-refractivity contribution in [2.75, 3.05) is 18.4 Å². The van der Waals surface area contributed by atoms with Gasteiger partial charge in [-0.15, -0.1) is 0 Å². The molecule has 5 rings (SSSR count). The van der Waals surface area contributed by atoms with E-state index in [9.17, 15) is 9.59 Å². The molecule has 0 saturated carbocycles. The lowest BCUT2D eigenvalue weighted by molar-refractivity contribution is 0.0952. The Kier molecular flexibility index (Phi) is 6.75. The zero-order valence-electron chi connectivity index (χ0n) is 19.6. The molecular formula is C28H29N5O2. The van der Waals surface area contributed by atoms with E-state index in [0.717, 1.165) is 43.5 Å². The van der Waals surface area contributed by atoms with Crippen molar-refractivity contribution in [2.24, 2.45) is 0 Å². The molecule has 1 aliphatic rings. The van der Waals surface area contributed by atoms with Crippen LogP contribution in [0.15, 0.2) is 79.1 Å². The summed E-state index contributed by atoms with van der Waals surface area (Å²) in [5.41, 5.74) is 3.97. The monoisotopic (exact) mass is 467 g/mol. The summed E-state index contributed by atoms with van der Waals surface area (Å²) in [5.74, 6) is -0.174. The molecule has 0 aliphatic carbocycles. The maximum absolute atomic E-state index is 13.2. The van der Waals surface area contributed by atoms with Gasteiger partial charge in [0.1, 0.15) is 5.65 Å². The highest BCUT2D eigenvalue weighted by molar-refractivity contribution is 6.07. The van der Waals surface area contributed by atoms with Crippen molar-refractivity contribution in [1.29, 1.82) is 0 Å². The van der Waals surface area contributed by atoms with E-state index >= 15 is 0 Å². The Morgan fingerprint density at radius 2 is 1.57 bits per heavy atom. The largest absolute Gasteiger partial charge is 0.348 e. The molecular weight excluding hydrogens is 438 g/mol. The number of carbonyl (C=O) groups excluding carboxylic acids is 2. The average Bonchev–Trinajstić information content (AvgIpc) is 3.26. The lowest BCUT2D eigenvalue weighted by Crippen LogP contribution is -2.38. The van der Waals surface area contributed by atoms with Gasteiger partial charge < -0.3 is 20.1 Å². The number of benzene rings is 2. The highest BCUT2D eigenvalue weighted by atomic mass is 16.2. The van der Waals surface area contributed by atoms with E-state index < -0.39 is 0 Å². The SMILES string of the molecule is O=C(NCc1ccccc1)c1cn(Cc2ccccc2)c2ncc(NC(=O)N3CCCCC3)cc12. The number of pyridine rings is 1. The molecule has 0 bridgehead atoms. The highest BCUT2D eigenvalue weighted by Gasteiger charge is 2.20. The number of urea groups is 1. The maximum atomic E-state index is 13.2. The summed E-state index contributed by atoms with van der Waals surface area (Å²) < 4.78 is 1.98. The molecule has 178 valence electrons. The Hall–Kier alpha value is -4.13. The summed E-state index contributed by atoms with van der Waals surface area (Å²) >= 11 is 0. The molecule has 0 spiro atoms. The molecule has 1 fully saturated rings. The van der Waals surface area contributed by atoms with Crippen LogP contribution in [0.3, 0.4) is 0 Å². The Labute approximate surface area is 204 Å². The summed E-state index contributed by atoms with van der Waals surface area (Å²) in [7, 11) is 0. The van der Waals surface area contributed by atoms with Gasteiger partial charge in [0, 0.05) is 37.8 Å². The number of hydrogen-bond donors (Lipinski definition) is 2. The third-order valence-corrected chi connectivity index (χ3v) is 6.34. The van der Waals surface area contributed by atoms with E-state index in [0.29, 0.717) is 35.4 Å². The molecule has 0 radical (unpaired) electrons. The number of amides is 3. The van der Waals surface area contributed by atoms with Gasteiger partial charge in [-0.1, -0.05) is 60.7 Å². The summed E-state index contributed by atoms with van der Waals surface area (Å²) in [6, 6.07) is 21.6. The van der Waals surface area contributed by atoms with E-state index in [2.05, 4.69) is 15.6 Å². The van der Waals surface area contributed by atoms with Gasteiger partial charge in [-0.3, -0.25) is 4.79 Å². The number of fused-ring (bicyclic) bond motifs is 1. The number of aromatic nitrogens is 2. The van der Waals surface area contributed by atoms with E-state index in [-0.39, 0.29) is 11.9 Å². The topological polar surface area (TPSA) is 79.3 Å². The minimum absolute atomic E-state index is 0.121. The van der Waals surface area contributed by atoms with Crippen LogP contribution in [0.2, 0.25) is 0 Å². The van der Waals surface area contributed by atoms with Crippen molar-refractivity contribution in [3.05, 3.63) is 95.8 Å². The molecule has 3 heterocycles. The van der Waals surface area contributed by atoms with Crippen molar-refractivity contribution < 1.29 is 9.59 Å². The molecule has 2 aromatic carbocycles. The van der Waals surface area contributed by atoms with Crippen LogP contribution in [-0.2, 0) is 13.1 Å². The fourth-order valence-electron chi connectivity index (χ4n) is 4.49. The lowest BCUT2D eigenvalue weighted by Gasteiger charge is -2.26. The number of hydrogen-bond acceptors (Lipinski definition) is 3. The van der Waals surface area contributed by atoms with Crippen LogP contribution in [-0.4, -0.2) is 39.5 Å². The molecule has 0 atom stereocenters. The Bertz CT molecular complexity index is 1310. The van der Waals surface area contributed by atoms with Crippen molar-refractivity contribution >= 4 is 28.7 Å². The van der Waals surface area contributed by atoms with Gasteiger partial charge in [0.2, 0.25) is 0 Å². The van der Waals surface area contributed by atoms with Crippen LogP contribution in [0.25, 0.3) is 11.0 Å². The number of nitrogens with one attached hydrogen (secondary N) is 2. The number of anilines is 1. The van der Waals surface area contributed by atoms with E-state index in [1.54, 1.807) is 6.20 Å². The molecule has 2 N–H and O–H groups in total. The first-order valence-electron chi connectivity index (χ1n) is 12.1. The molecule has 1 saturated heterocycles. The zero-order valence-corrected chi connectivity index (χ0v) is 19.6. The minimum atomic E-state index is -0.174. The maximum Gasteiger partial charge on any atom is 0.321 e. The van der Waals surface area contributed by atoms with Crippen molar-refractivity contribution in [2.45, 2.75) is 32.4 Å². The Morgan fingerprint density at radius 3 is 2.29 bits per heavy atom. The molecule has 7 nitrogen and oxygen atoms in total. The van der Waals surface area contributed by atoms with Gasteiger partial charge in [0.15, 0.2) is 0 Å². The van der Waals surface area contributed by atoms with Gasteiger partial charge in [-0.25, -0.2) is 9.78 Å². The Morgan fingerprint density at radius 1 is 0.886 bits per heavy atom. The third kappa shape index (κ3) is 5.35. The Balaban J connectivity index is 1.43. The van der Waals surface area contributed by atoms with Gasteiger partial charge in [0.25, 0.3) is 5.91 Å². The first-order valence-corrected chi connectivity index (χ1v) is 12.1. The third-order valence-electron chi connectivity index (χ3n) is 6.34. The fraction of sp³-hybridized carbons (Fsp3) is 0.250. The summed E-state index contributed by atoms with van der Waals surface area (Å²) in [6.07, 6.45) is 6.73. The molecule has 1 aliphatic heterocycles. The molecule has 2 aromatic heterocycles. The summed E-state index contributed by atoms with van der Waals surface area (Å²) in [5, 5.41) is 6.70. The normalized spacial score (nSPS) is 13.5. The number of carbonyl (C=O) groups is 2. The van der Waals surface area contributed by atoms with Crippen LogP contribution in [0.1, 0.15) is 40.7 Å². The molecule has 0 unspecified atom stereocenters. The van der Waals surface area contributed by atoms with Gasteiger partial charge in [-0.05, 0) is 36.5 Å². The molecule has 7 heteroatoms. The number of rotatable bonds is 6. The molecule has 4 aromatic rings. The number of likely N-dealkylation sites (tertiary alicyclic amines) is 1. The molecule has 3 amide bonds. The van der Waals surface area contributed by atoms with Gasteiger partial charge >= 0.3 is 6.03 Å².